The molecule has 0 radical (unpaired) electrons. The van der Waals surface area contributed by atoms with Gasteiger partial charge >= 0.3 is 0 Å². The number of fused-ring (bicyclic) bond motifs is 4. The minimum absolute atomic E-state index is 0.158. The standard InChI is InChI=1S/C24H29N3O/c1-17-10-11-20(13-25-17)24(28)26-14-18-12-21(16-26)23-9-5-8-22(27(23)15-18)19-6-3-2-4-7-19/h2-4,6-7,10-11,13,18,21-23H,5,8-9,12,14-16H2,1H3/t18-,21+,22+,23-/m0/s1. The number of hydrogen-bond donors (Lipinski definition) is 0. The van der Waals surface area contributed by atoms with E-state index < -0.39 is 0 Å². The van der Waals surface area contributed by atoms with Gasteiger partial charge in [0.2, 0.25) is 0 Å². The van der Waals surface area contributed by atoms with Crippen molar-refractivity contribution in [1.82, 2.24) is 14.8 Å². The summed E-state index contributed by atoms with van der Waals surface area (Å²) in [7, 11) is 0. The zero-order valence-corrected chi connectivity index (χ0v) is 16.6. The third-order valence-electron chi connectivity index (χ3n) is 7.02. The van der Waals surface area contributed by atoms with Crippen molar-refractivity contribution in [2.75, 3.05) is 19.6 Å². The fraction of sp³-hybridized carbons (Fsp3) is 0.500. The molecule has 0 spiro atoms. The Hall–Kier alpha value is -2.20. The number of piperidine rings is 3. The van der Waals surface area contributed by atoms with E-state index in [2.05, 4.69) is 45.1 Å². The van der Waals surface area contributed by atoms with Gasteiger partial charge in [0.1, 0.15) is 0 Å². The molecule has 3 aliphatic heterocycles. The van der Waals surface area contributed by atoms with E-state index in [1.807, 2.05) is 19.1 Å². The van der Waals surface area contributed by atoms with Crippen LogP contribution in [0.3, 0.4) is 0 Å². The molecule has 5 rings (SSSR count). The lowest BCUT2D eigenvalue weighted by Gasteiger charge is -2.55. The first-order chi connectivity index (χ1) is 13.7. The van der Waals surface area contributed by atoms with Gasteiger partial charge in [-0.15, -0.1) is 0 Å². The van der Waals surface area contributed by atoms with Gasteiger partial charge in [-0.3, -0.25) is 14.7 Å². The Balaban J connectivity index is 1.35. The fourth-order valence-corrected chi connectivity index (χ4v) is 5.78. The van der Waals surface area contributed by atoms with Crippen LogP contribution in [-0.4, -0.2) is 46.4 Å². The minimum Gasteiger partial charge on any atom is -0.338 e. The number of aryl methyl sites for hydroxylation is 1. The molecule has 2 aromatic rings. The molecule has 4 heterocycles. The highest BCUT2D eigenvalue weighted by atomic mass is 16.2. The van der Waals surface area contributed by atoms with E-state index in [0.29, 0.717) is 23.9 Å². The van der Waals surface area contributed by atoms with Crippen molar-refractivity contribution in [1.29, 1.82) is 0 Å². The fourth-order valence-electron chi connectivity index (χ4n) is 5.78. The van der Waals surface area contributed by atoms with Gasteiger partial charge in [0.25, 0.3) is 5.91 Å². The van der Waals surface area contributed by atoms with Crippen LogP contribution in [0, 0.1) is 18.8 Å². The van der Waals surface area contributed by atoms with E-state index in [0.717, 1.165) is 30.9 Å². The largest absolute Gasteiger partial charge is 0.338 e. The van der Waals surface area contributed by atoms with Crippen molar-refractivity contribution in [2.24, 2.45) is 11.8 Å². The monoisotopic (exact) mass is 375 g/mol. The molecule has 28 heavy (non-hydrogen) atoms. The van der Waals surface area contributed by atoms with Gasteiger partial charge in [-0.2, -0.15) is 0 Å². The van der Waals surface area contributed by atoms with E-state index in [1.165, 1.54) is 31.2 Å². The van der Waals surface area contributed by atoms with Crippen LogP contribution in [0.2, 0.25) is 0 Å². The molecule has 0 N–H and O–H groups in total. The minimum atomic E-state index is 0.158. The first-order valence-corrected chi connectivity index (χ1v) is 10.7. The molecule has 1 aromatic carbocycles. The van der Waals surface area contributed by atoms with Crippen LogP contribution < -0.4 is 0 Å². The maximum Gasteiger partial charge on any atom is 0.255 e. The van der Waals surface area contributed by atoms with E-state index in [1.54, 1.807) is 6.20 Å². The van der Waals surface area contributed by atoms with Crippen LogP contribution in [0.25, 0.3) is 0 Å². The molecular formula is C24H29N3O. The molecule has 4 heteroatoms. The highest BCUT2D eigenvalue weighted by molar-refractivity contribution is 5.94. The number of benzene rings is 1. The summed E-state index contributed by atoms with van der Waals surface area (Å²) in [4.78, 5) is 22.3. The molecule has 2 bridgehead atoms. The first kappa shape index (κ1) is 17.9. The summed E-state index contributed by atoms with van der Waals surface area (Å²) in [5.41, 5.74) is 3.15. The Bertz CT molecular complexity index is 835. The molecule has 1 aromatic heterocycles. The van der Waals surface area contributed by atoms with Gasteiger partial charge < -0.3 is 4.90 Å². The summed E-state index contributed by atoms with van der Waals surface area (Å²) in [5, 5.41) is 0. The molecule has 4 nitrogen and oxygen atoms in total. The molecule has 0 aliphatic carbocycles. The molecule has 1 amide bonds. The summed E-state index contributed by atoms with van der Waals surface area (Å²) < 4.78 is 0. The van der Waals surface area contributed by atoms with Crippen molar-refractivity contribution in [3.05, 3.63) is 65.5 Å². The van der Waals surface area contributed by atoms with Crippen molar-refractivity contribution < 1.29 is 4.79 Å². The highest BCUT2D eigenvalue weighted by Crippen LogP contribution is 2.44. The molecule has 3 aliphatic rings. The Kier molecular flexibility index (Phi) is 4.67. The number of hydrogen-bond acceptors (Lipinski definition) is 3. The second-order valence-corrected chi connectivity index (χ2v) is 8.88. The highest BCUT2D eigenvalue weighted by Gasteiger charge is 2.45. The molecule has 0 saturated carbocycles. The van der Waals surface area contributed by atoms with E-state index in [4.69, 9.17) is 0 Å². The van der Waals surface area contributed by atoms with E-state index >= 15 is 0 Å². The number of amides is 1. The number of pyridine rings is 1. The summed E-state index contributed by atoms with van der Waals surface area (Å²) in [6.07, 6.45) is 6.84. The molecule has 0 unspecified atom stereocenters. The second-order valence-electron chi connectivity index (χ2n) is 8.88. The summed E-state index contributed by atoms with van der Waals surface area (Å²) in [6.45, 7) is 4.86. The third-order valence-corrected chi connectivity index (χ3v) is 7.02. The van der Waals surface area contributed by atoms with Crippen molar-refractivity contribution in [2.45, 2.75) is 44.7 Å². The molecule has 146 valence electrons. The Morgan fingerprint density at radius 2 is 1.89 bits per heavy atom. The third kappa shape index (κ3) is 3.24. The van der Waals surface area contributed by atoms with Crippen LogP contribution in [0.5, 0.6) is 0 Å². The second kappa shape index (κ2) is 7.32. The quantitative estimate of drug-likeness (QED) is 0.794. The first-order valence-electron chi connectivity index (χ1n) is 10.7. The normalized spacial score (nSPS) is 30.0. The van der Waals surface area contributed by atoms with Crippen LogP contribution in [-0.2, 0) is 0 Å². The van der Waals surface area contributed by atoms with Gasteiger partial charge in [-0.25, -0.2) is 0 Å². The smallest absolute Gasteiger partial charge is 0.255 e. The molecule has 3 saturated heterocycles. The number of carbonyl (C=O) groups is 1. The number of carbonyl (C=O) groups excluding carboxylic acids is 1. The lowest BCUT2D eigenvalue weighted by Crippen LogP contribution is -2.60. The van der Waals surface area contributed by atoms with E-state index in [9.17, 15) is 4.79 Å². The average Bonchev–Trinajstić information content (AvgIpc) is 2.74. The van der Waals surface area contributed by atoms with Gasteiger partial charge in [0.15, 0.2) is 0 Å². The number of likely N-dealkylation sites (tertiary alicyclic amines) is 1. The van der Waals surface area contributed by atoms with Crippen LogP contribution >= 0.6 is 0 Å². The summed E-state index contributed by atoms with van der Waals surface area (Å²) in [5.74, 6) is 1.34. The molecule has 4 atom stereocenters. The van der Waals surface area contributed by atoms with Crippen LogP contribution in [0.1, 0.15) is 53.3 Å². The van der Waals surface area contributed by atoms with Crippen molar-refractivity contribution >= 4 is 5.91 Å². The number of rotatable bonds is 2. The zero-order chi connectivity index (χ0) is 19.1. The average molecular weight is 376 g/mol. The van der Waals surface area contributed by atoms with Crippen molar-refractivity contribution in [3.63, 3.8) is 0 Å². The van der Waals surface area contributed by atoms with Crippen molar-refractivity contribution in [3.8, 4) is 0 Å². The predicted octanol–water partition coefficient (Wildman–Crippen LogP) is 4.08. The summed E-state index contributed by atoms with van der Waals surface area (Å²) >= 11 is 0. The topological polar surface area (TPSA) is 36.4 Å². The number of nitrogens with zero attached hydrogens (tertiary/aromatic N) is 3. The zero-order valence-electron chi connectivity index (χ0n) is 16.6. The summed E-state index contributed by atoms with van der Waals surface area (Å²) in [6, 6.07) is 16.0. The van der Waals surface area contributed by atoms with Gasteiger partial charge in [-0.05, 0) is 62.1 Å². The maximum atomic E-state index is 13.1. The maximum absolute atomic E-state index is 13.1. The lowest BCUT2D eigenvalue weighted by atomic mass is 9.74. The van der Waals surface area contributed by atoms with Crippen LogP contribution in [0.4, 0.5) is 0 Å². The lowest BCUT2D eigenvalue weighted by molar-refractivity contribution is -0.0511. The van der Waals surface area contributed by atoms with E-state index in [-0.39, 0.29) is 5.91 Å². The molecular weight excluding hydrogens is 346 g/mol. The molecule has 3 fully saturated rings. The predicted molar refractivity (Wildman–Crippen MR) is 110 cm³/mol. The Morgan fingerprint density at radius 3 is 2.68 bits per heavy atom. The van der Waals surface area contributed by atoms with Gasteiger partial charge in [-0.1, -0.05) is 30.3 Å². The SMILES string of the molecule is Cc1ccc(C(=O)N2C[C@@H]3C[C@H](C2)[C@@H]2CCC[C@H](c4ccccc4)N2C3)cn1. The number of aromatic nitrogens is 1. The Labute approximate surface area is 167 Å². The Morgan fingerprint density at radius 1 is 1.04 bits per heavy atom. The van der Waals surface area contributed by atoms with Gasteiger partial charge in [0.05, 0.1) is 5.56 Å². The van der Waals surface area contributed by atoms with Crippen LogP contribution in [0.15, 0.2) is 48.7 Å². The van der Waals surface area contributed by atoms with Gasteiger partial charge in [0, 0.05) is 43.6 Å².